The zero-order chi connectivity index (χ0) is 19.1. The Bertz CT molecular complexity index is 443. The lowest BCUT2D eigenvalue weighted by atomic mass is 9.97. The van der Waals surface area contributed by atoms with Gasteiger partial charge in [0.2, 0.25) is 5.91 Å². The molecule has 0 saturated heterocycles. The molecule has 0 fully saturated rings. The summed E-state index contributed by atoms with van der Waals surface area (Å²) in [5.74, 6) is -1.20. The number of rotatable bonds is 7. The number of hydrogen-bond donors (Lipinski definition) is 2. The molecule has 0 saturated carbocycles. The Labute approximate surface area is 144 Å². The van der Waals surface area contributed by atoms with Crippen molar-refractivity contribution in [1.82, 2.24) is 10.6 Å². The van der Waals surface area contributed by atoms with E-state index in [2.05, 4.69) is 10.6 Å². The van der Waals surface area contributed by atoms with Crippen molar-refractivity contribution in [2.45, 2.75) is 72.6 Å². The lowest BCUT2D eigenvalue weighted by Crippen LogP contribution is -2.55. The van der Waals surface area contributed by atoms with Crippen LogP contribution in [0.1, 0.15) is 54.9 Å². The van der Waals surface area contributed by atoms with Crippen LogP contribution in [0.25, 0.3) is 0 Å². The van der Waals surface area contributed by atoms with Gasteiger partial charge in [-0.05, 0) is 32.6 Å². The van der Waals surface area contributed by atoms with Crippen molar-refractivity contribution in [2.75, 3.05) is 7.11 Å². The zero-order valence-electron chi connectivity index (χ0n) is 16.1. The van der Waals surface area contributed by atoms with Crippen molar-refractivity contribution in [3.63, 3.8) is 0 Å². The quantitative estimate of drug-likeness (QED) is 0.691. The molecule has 7 heteroatoms. The maximum atomic E-state index is 12.5. The van der Waals surface area contributed by atoms with E-state index in [1.54, 1.807) is 34.6 Å². The highest BCUT2D eigenvalue weighted by Gasteiger charge is 2.32. The molecule has 0 heterocycles. The lowest BCUT2D eigenvalue weighted by molar-refractivity contribution is -0.147. The summed E-state index contributed by atoms with van der Waals surface area (Å²) in [7, 11) is 1.28. The first-order valence-corrected chi connectivity index (χ1v) is 8.30. The molecule has 2 N–H and O–H groups in total. The highest BCUT2D eigenvalue weighted by Crippen LogP contribution is 2.12. The van der Waals surface area contributed by atoms with Gasteiger partial charge in [0, 0.05) is 0 Å². The minimum absolute atomic E-state index is 0.0873. The molecule has 0 aliphatic carbocycles. The van der Waals surface area contributed by atoms with Gasteiger partial charge in [-0.2, -0.15) is 0 Å². The van der Waals surface area contributed by atoms with Crippen LogP contribution in [0.5, 0.6) is 0 Å². The van der Waals surface area contributed by atoms with E-state index in [4.69, 9.17) is 9.47 Å². The van der Waals surface area contributed by atoms with Crippen molar-refractivity contribution in [3.8, 4) is 0 Å². The monoisotopic (exact) mass is 344 g/mol. The molecule has 0 aromatic rings. The summed E-state index contributed by atoms with van der Waals surface area (Å²) in [5.41, 5.74) is -0.659. The van der Waals surface area contributed by atoms with Gasteiger partial charge in [0.05, 0.1) is 7.11 Å². The second-order valence-electron chi connectivity index (χ2n) is 7.26. The van der Waals surface area contributed by atoms with Gasteiger partial charge in [-0.15, -0.1) is 0 Å². The average molecular weight is 344 g/mol. The van der Waals surface area contributed by atoms with Gasteiger partial charge >= 0.3 is 12.1 Å². The van der Waals surface area contributed by atoms with E-state index >= 15 is 0 Å². The Balaban J connectivity index is 5.07. The van der Waals surface area contributed by atoms with Crippen molar-refractivity contribution < 1.29 is 23.9 Å². The summed E-state index contributed by atoms with van der Waals surface area (Å²) in [6, 6.07) is -1.56. The van der Waals surface area contributed by atoms with E-state index < -0.39 is 35.7 Å². The van der Waals surface area contributed by atoms with Crippen molar-refractivity contribution in [3.05, 3.63) is 0 Å². The number of alkyl carbamates (subject to hydrolysis) is 1. The standard InChI is InChI=1S/C17H32N2O5/c1-9-11(4)13(15(21)23-8)18-14(20)12(10(2)3)19-16(22)24-17(5,6)7/h10-13H,9H2,1-8H3,(H,18,20)(H,19,22)/t11-,12-,13-/m0/s1. The summed E-state index contributed by atoms with van der Waals surface area (Å²) in [4.78, 5) is 36.4. The Morgan fingerprint density at radius 2 is 1.54 bits per heavy atom. The highest BCUT2D eigenvalue weighted by molar-refractivity contribution is 5.90. The number of esters is 1. The minimum Gasteiger partial charge on any atom is -0.467 e. The SMILES string of the molecule is CC[C@H](C)[C@H](NC(=O)[C@@H](NC(=O)OC(C)(C)C)C(C)C)C(=O)OC. The third-order valence-electron chi connectivity index (χ3n) is 3.59. The fraction of sp³-hybridized carbons (Fsp3) is 0.824. The normalized spacial score (nSPS) is 15.2. The molecule has 0 aromatic heterocycles. The van der Waals surface area contributed by atoms with Gasteiger partial charge < -0.3 is 20.1 Å². The summed E-state index contributed by atoms with van der Waals surface area (Å²) in [6.45, 7) is 12.6. The van der Waals surface area contributed by atoms with Gasteiger partial charge in [0.1, 0.15) is 17.7 Å². The molecule has 0 aromatic carbocycles. The molecule has 7 nitrogen and oxygen atoms in total. The number of carbonyl (C=O) groups excluding carboxylic acids is 3. The zero-order valence-corrected chi connectivity index (χ0v) is 16.1. The molecule has 0 unspecified atom stereocenters. The second kappa shape index (κ2) is 9.49. The van der Waals surface area contributed by atoms with E-state index in [-0.39, 0.29) is 11.8 Å². The topological polar surface area (TPSA) is 93.7 Å². The predicted octanol–water partition coefficient (Wildman–Crippen LogP) is 2.24. The van der Waals surface area contributed by atoms with Crippen LogP contribution >= 0.6 is 0 Å². The molecule has 140 valence electrons. The Morgan fingerprint density at radius 3 is 1.92 bits per heavy atom. The molecule has 0 rings (SSSR count). The van der Waals surface area contributed by atoms with Crippen molar-refractivity contribution >= 4 is 18.0 Å². The van der Waals surface area contributed by atoms with Crippen LogP contribution < -0.4 is 10.6 Å². The van der Waals surface area contributed by atoms with E-state index in [0.717, 1.165) is 0 Å². The number of amides is 2. The van der Waals surface area contributed by atoms with Gasteiger partial charge in [-0.25, -0.2) is 9.59 Å². The molecule has 0 aliphatic heterocycles. The summed E-state index contributed by atoms with van der Waals surface area (Å²) in [6.07, 6.45) is 0.0285. The van der Waals surface area contributed by atoms with Crippen molar-refractivity contribution in [2.24, 2.45) is 11.8 Å². The first kappa shape index (κ1) is 22.2. The first-order valence-electron chi connectivity index (χ1n) is 8.30. The fourth-order valence-electron chi connectivity index (χ4n) is 2.01. The number of carbonyl (C=O) groups is 3. The lowest BCUT2D eigenvalue weighted by Gasteiger charge is -2.28. The number of nitrogens with one attached hydrogen (secondary N) is 2. The fourth-order valence-corrected chi connectivity index (χ4v) is 2.01. The van der Waals surface area contributed by atoms with E-state index in [1.807, 2.05) is 13.8 Å². The maximum Gasteiger partial charge on any atom is 0.408 e. The maximum absolute atomic E-state index is 12.5. The largest absolute Gasteiger partial charge is 0.467 e. The van der Waals surface area contributed by atoms with Crippen LogP contribution in [0.15, 0.2) is 0 Å². The van der Waals surface area contributed by atoms with E-state index in [1.165, 1.54) is 7.11 Å². The van der Waals surface area contributed by atoms with Crippen LogP contribution in [0, 0.1) is 11.8 Å². The number of methoxy groups -OCH3 is 1. The molecular formula is C17H32N2O5. The smallest absolute Gasteiger partial charge is 0.408 e. The van der Waals surface area contributed by atoms with Gasteiger partial charge in [0.15, 0.2) is 0 Å². The van der Waals surface area contributed by atoms with Crippen LogP contribution in [0.3, 0.4) is 0 Å². The third kappa shape index (κ3) is 7.66. The molecule has 0 radical (unpaired) electrons. The van der Waals surface area contributed by atoms with Crippen molar-refractivity contribution in [1.29, 1.82) is 0 Å². The Morgan fingerprint density at radius 1 is 1.00 bits per heavy atom. The summed E-state index contributed by atoms with van der Waals surface area (Å²) < 4.78 is 9.95. The molecule has 0 spiro atoms. The molecule has 0 bridgehead atoms. The second-order valence-corrected chi connectivity index (χ2v) is 7.26. The van der Waals surface area contributed by atoms with Crippen LogP contribution in [0.4, 0.5) is 4.79 Å². The summed E-state index contributed by atoms with van der Waals surface area (Å²) >= 11 is 0. The van der Waals surface area contributed by atoms with Crippen LogP contribution in [-0.2, 0) is 19.1 Å². The van der Waals surface area contributed by atoms with Gasteiger partial charge in [-0.1, -0.05) is 34.1 Å². The average Bonchev–Trinajstić information content (AvgIpc) is 2.46. The summed E-state index contributed by atoms with van der Waals surface area (Å²) in [5, 5.41) is 5.25. The van der Waals surface area contributed by atoms with E-state index in [0.29, 0.717) is 6.42 Å². The molecule has 0 aliphatic rings. The van der Waals surface area contributed by atoms with Gasteiger partial charge in [0.25, 0.3) is 0 Å². The predicted molar refractivity (Wildman–Crippen MR) is 91.4 cm³/mol. The van der Waals surface area contributed by atoms with E-state index in [9.17, 15) is 14.4 Å². The Hall–Kier alpha value is -1.79. The van der Waals surface area contributed by atoms with Crippen LogP contribution in [-0.4, -0.2) is 42.8 Å². The van der Waals surface area contributed by atoms with Gasteiger partial charge in [-0.3, -0.25) is 4.79 Å². The molecule has 3 atom stereocenters. The number of ether oxygens (including phenoxy) is 2. The minimum atomic E-state index is -0.809. The number of hydrogen-bond acceptors (Lipinski definition) is 5. The third-order valence-corrected chi connectivity index (χ3v) is 3.59. The van der Waals surface area contributed by atoms with Crippen LogP contribution in [0.2, 0.25) is 0 Å². The Kier molecular flexibility index (Phi) is 8.78. The molecule has 24 heavy (non-hydrogen) atoms. The molecular weight excluding hydrogens is 312 g/mol. The highest BCUT2D eigenvalue weighted by atomic mass is 16.6. The molecule has 2 amide bonds. The first-order chi connectivity index (χ1) is 10.9.